The summed E-state index contributed by atoms with van der Waals surface area (Å²) < 4.78 is 14.7. The van der Waals surface area contributed by atoms with Crippen molar-refractivity contribution < 1.29 is 19.4 Å². The van der Waals surface area contributed by atoms with Gasteiger partial charge < -0.3 is 15.1 Å². The third-order valence-corrected chi connectivity index (χ3v) is 6.89. The lowest BCUT2D eigenvalue weighted by atomic mass is 9.79. The monoisotopic (exact) mass is 459 g/mol. The number of anilines is 1. The number of halogens is 3. The Morgan fingerprint density at radius 3 is 2.65 bits per heavy atom. The first-order valence-corrected chi connectivity index (χ1v) is 10.4. The molecule has 5 rings (SSSR count). The summed E-state index contributed by atoms with van der Waals surface area (Å²) in [5.74, 6) is -1.78. The highest BCUT2D eigenvalue weighted by Gasteiger charge is 2.57. The van der Waals surface area contributed by atoms with Crippen molar-refractivity contribution in [2.75, 3.05) is 18.0 Å². The molecular weight excluding hydrogens is 444 g/mol. The second-order valence-electron chi connectivity index (χ2n) is 7.80. The SMILES string of the molecule is O=C(O)C1CN(c2ncnc3c(F)ccc(-c4ccc(Cl)c(Cl)c4)c23)CCC12C=C2O. The first kappa shape index (κ1) is 20.0. The predicted molar refractivity (Wildman–Crippen MR) is 116 cm³/mol. The van der Waals surface area contributed by atoms with E-state index in [0.717, 1.165) is 0 Å². The fourth-order valence-electron chi connectivity index (χ4n) is 4.41. The van der Waals surface area contributed by atoms with E-state index in [-0.39, 0.29) is 17.8 Å². The van der Waals surface area contributed by atoms with E-state index in [4.69, 9.17) is 23.2 Å². The van der Waals surface area contributed by atoms with Crippen LogP contribution in [0.15, 0.2) is 48.5 Å². The van der Waals surface area contributed by atoms with Crippen LogP contribution in [0.2, 0.25) is 10.0 Å². The van der Waals surface area contributed by atoms with Crippen LogP contribution in [-0.4, -0.2) is 39.2 Å². The highest BCUT2D eigenvalue weighted by molar-refractivity contribution is 6.42. The molecule has 1 aromatic heterocycles. The molecule has 0 bridgehead atoms. The molecule has 158 valence electrons. The van der Waals surface area contributed by atoms with Crippen molar-refractivity contribution in [3.63, 3.8) is 0 Å². The zero-order chi connectivity index (χ0) is 21.9. The number of aliphatic hydroxyl groups is 1. The van der Waals surface area contributed by atoms with Gasteiger partial charge in [0.15, 0.2) is 0 Å². The van der Waals surface area contributed by atoms with Crippen LogP contribution >= 0.6 is 23.2 Å². The number of aromatic nitrogens is 2. The Bertz CT molecular complexity index is 1280. The summed E-state index contributed by atoms with van der Waals surface area (Å²) in [5.41, 5.74) is 0.710. The minimum absolute atomic E-state index is 0.120. The highest BCUT2D eigenvalue weighted by atomic mass is 35.5. The van der Waals surface area contributed by atoms with Crippen molar-refractivity contribution in [1.29, 1.82) is 0 Å². The van der Waals surface area contributed by atoms with Crippen molar-refractivity contribution in [2.24, 2.45) is 11.3 Å². The third kappa shape index (κ3) is 3.11. The van der Waals surface area contributed by atoms with Gasteiger partial charge in [0.1, 0.15) is 29.2 Å². The molecule has 0 amide bonds. The molecule has 2 atom stereocenters. The van der Waals surface area contributed by atoms with Crippen LogP contribution in [0.3, 0.4) is 0 Å². The number of allylic oxidation sites excluding steroid dienone is 2. The summed E-state index contributed by atoms with van der Waals surface area (Å²) in [6, 6.07) is 8.07. The van der Waals surface area contributed by atoms with E-state index < -0.39 is 23.1 Å². The Balaban J connectivity index is 1.65. The van der Waals surface area contributed by atoms with Gasteiger partial charge in [0, 0.05) is 13.1 Å². The Morgan fingerprint density at radius 2 is 1.97 bits per heavy atom. The zero-order valence-electron chi connectivity index (χ0n) is 16.0. The maximum Gasteiger partial charge on any atom is 0.309 e. The molecule has 6 nitrogen and oxygen atoms in total. The molecule has 2 N–H and O–H groups in total. The fourth-order valence-corrected chi connectivity index (χ4v) is 4.71. The van der Waals surface area contributed by atoms with E-state index in [2.05, 4.69) is 9.97 Å². The third-order valence-electron chi connectivity index (χ3n) is 6.16. The second kappa shape index (κ2) is 7.07. The van der Waals surface area contributed by atoms with E-state index in [1.54, 1.807) is 30.3 Å². The van der Waals surface area contributed by atoms with Gasteiger partial charge in [-0.15, -0.1) is 0 Å². The van der Waals surface area contributed by atoms with E-state index in [9.17, 15) is 19.4 Å². The van der Waals surface area contributed by atoms with Gasteiger partial charge >= 0.3 is 5.97 Å². The van der Waals surface area contributed by atoms with E-state index in [0.29, 0.717) is 45.3 Å². The highest BCUT2D eigenvalue weighted by Crippen LogP contribution is 2.54. The lowest BCUT2D eigenvalue weighted by Crippen LogP contribution is -2.46. The second-order valence-corrected chi connectivity index (χ2v) is 8.62. The lowest BCUT2D eigenvalue weighted by Gasteiger charge is -2.38. The summed E-state index contributed by atoms with van der Waals surface area (Å²) >= 11 is 12.2. The summed E-state index contributed by atoms with van der Waals surface area (Å²) in [6.45, 7) is 0.577. The van der Waals surface area contributed by atoms with E-state index in [1.807, 2.05) is 4.90 Å². The largest absolute Gasteiger partial charge is 0.512 e. The molecule has 0 radical (unpaired) electrons. The predicted octanol–water partition coefficient (Wildman–Crippen LogP) is 5.10. The number of hydrogen-bond acceptors (Lipinski definition) is 5. The number of carboxylic acid groups (broad SMARTS) is 1. The molecule has 2 aliphatic rings. The number of piperidine rings is 1. The number of fused-ring (bicyclic) bond motifs is 1. The molecule has 1 saturated heterocycles. The van der Waals surface area contributed by atoms with Crippen LogP contribution in [-0.2, 0) is 4.79 Å². The number of hydrogen-bond donors (Lipinski definition) is 2. The van der Waals surface area contributed by atoms with E-state index in [1.165, 1.54) is 12.4 Å². The maximum absolute atomic E-state index is 14.7. The molecule has 2 heterocycles. The smallest absolute Gasteiger partial charge is 0.309 e. The summed E-state index contributed by atoms with van der Waals surface area (Å²) in [7, 11) is 0. The molecule has 1 fully saturated rings. The number of carbonyl (C=O) groups is 1. The van der Waals surface area contributed by atoms with Gasteiger partial charge in [-0.1, -0.05) is 35.3 Å². The van der Waals surface area contributed by atoms with E-state index >= 15 is 0 Å². The van der Waals surface area contributed by atoms with Gasteiger partial charge in [-0.2, -0.15) is 0 Å². The van der Waals surface area contributed by atoms with Crippen molar-refractivity contribution in [1.82, 2.24) is 9.97 Å². The number of carboxylic acids is 1. The Hall–Kier alpha value is -2.90. The summed E-state index contributed by atoms with van der Waals surface area (Å²) in [5, 5.41) is 20.9. The van der Waals surface area contributed by atoms with Gasteiger partial charge in [-0.25, -0.2) is 14.4 Å². The minimum atomic E-state index is -1.00. The molecular formula is C22H16Cl2FN3O3. The van der Waals surface area contributed by atoms with Crippen molar-refractivity contribution in [3.8, 4) is 11.1 Å². The van der Waals surface area contributed by atoms with Crippen molar-refractivity contribution in [2.45, 2.75) is 6.42 Å². The van der Waals surface area contributed by atoms with Crippen LogP contribution < -0.4 is 4.90 Å². The zero-order valence-corrected chi connectivity index (χ0v) is 17.5. The molecule has 1 aliphatic carbocycles. The topological polar surface area (TPSA) is 86.5 Å². The summed E-state index contributed by atoms with van der Waals surface area (Å²) in [6.07, 6.45) is 3.30. The molecule has 31 heavy (non-hydrogen) atoms. The summed E-state index contributed by atoms with van der Waals surface area (Å²) in [4.78, 5) is 22.3. The van der Waals surface area contributed by atoms with Crippen molar-refractivity contribution in [3.05, 3.63) is 64.4 Å². The number of nitrogens with zero attached hydrogens (tertiary/aromatic N) is 3. The van der Waals surface area contributed by atoms with Gasteiger partial charge in [0.2, 0.25) is 0 Å². The Kier molecular flexibility index (Phi) is 4.57. The van der Waals surface area contributed by atoms with Crippen LogP contribution in [0.1, 0.15) is 6.42 Å². The standard InChI is InChI=1S/C22H16Cl2FN3O3/c23-14-3-1-11(7-15(14)24)12-2-4-16(25)19-18(12)20(27-10-26-19)28-6-5-22(8-17(22)29)13(9-28)21(30)31/h1-4,7-8,10,13,29H,5-6,9H2,(H,30,31). The van der Waals surface area contributed by atoms with Crippen LogP contribution in [0.25, 0.3) is 22.0 Å². The van der Waals surface area contributed by atoms with Gasteiger partial charge in [0.25, 0.3) is 0 Å². The number of aliphatic hydroxyl groups excluding tert-OH is 1. The molecule has 1 spiro atoms. The molecule has 3 aromatic rings. The number of benzene rings is 2. The Labute approximate surface area is 186 Å². The first-order valence-electron chi connectivity index (χ1n) is 9.60. The molecule has 0 saturated carbocycles. The quantitative estimate of drug-likeness (QED) is 0.566. The first-order chi connectivity index (χ1) is 14.8. The minimum Gasteiger partial charge on any atom is -0.512 e. The maximum atomic E-state index is 14.7. The average molecular weight is 460 g/mol. The Morgan fingerprint density at radius 1 is 1.19 bits per heavy atom. The fraction of sp³-hybridized carbons (Fsp3) is 0.227. The molecule has 9 heteroatoms. The normalized spacial score (nSPS) is 22.6. The van der Waals surface area contributed by atoms with Gasteiger partial charge in [-0.3, -0.25) is 4.79 Å². The number of aliphatic carboxylic acids is 1. The molecule has 1 aliphatic heterocycles. The van der Waals surface area contributed by atoms with Crippen molar-refractivity contribution >= 4 is 45.9 Å². The van der Waals surface area contributed by atoms with Gasteiger partial charge in [-0.05, 0) is 41.8 Å². The van der Waals surface area contributed by atoms with Crippen LogP contribution in [0.4, 0.5) is 10.2 Å². The number of rotatable bonds is 3. The van der Waals surface area contributed by atoms with Crippen LogP contribution in [0.5, 0.6) is 0 Å². The lowest BCUT2D eigenvalue weighted by molar-refractivity contribution is -0.144. The average Bonchev–Trinajstić information content (AvgIpc) is 3.39. The molecule has 2 unspecified atom stereocenters. The molecule has 2 aromatic carbocycles. The van der Waals surface area contributed by atoms with Crippen LogP contribution in [0, 0.1) is 17.2 Å². The van der Waals surface area contributed by atoms with Gasteiger partial charge in [0.05, 0.1) is 26.8 Å².